The van der Waals surface area contributed by atoms with Gasteiger partial charge in [0, 0.05) is 15.1 Å². The SMILES string of the molecule is O=C(CSc1ccc(Br)cc1)Nc1cccc(C(=O)O)c1. The van der Waals surface area contributed by atoms with Gasteiger partial charge >= 0.3 is 5.97 Å². The number of aromatic carboxylic acids is 1. The number of halogens is 1. The van der Waals surface area contributed by atoms with Crippen LogP contribution >= 0.6 is 27.7 Å². The summed E-state index contributed by atoms with van der Waals surface area (Å²) >= 11 is 4.77. The zero-order valence-electron chi connectivity index (χ0n) is 10.9. The molecule has 6 heteroatoms. The molecule has 0 saturated carbocycles. The van der Waals surface area contributed by atoms with Gasteiger partial charge in [-0.1, -0.05) is 22.0 Å². The van der Waals surface area contributed by atoms with Gasteiger partial charge in [-0.15, -0.1) is 11.8 Å². The lowest BCUT2D eigenvalue weighted by atomic mass is 10.2. The third kappa shape index (κ3) is 4.91. The number of anilines is 1. The van der Waals surface area contributed by atoms with Crippen molar-refractivity contribution in [1.82, 2.24) is 0 Å². The van der Waals surface area contributed by atoms with Gasteiger partial charge in [0.1, 0.15) is 0 Å². The number of hydrogen-bond acceptors (Lipinski definition) is 3. The Bertz CT molecular complexity index is 658. The number of thioether (sulfide) groups is 1. The summed E-state index contributed by atoms with van der Waals surface area (Å²) in [5.74, 6) is -0.931. The number of carbonyl (C=O) groups is 2. The fourth-order valence-corrected chi connectivity index (χ4v) is 2.57. The van der Waals surface area contributed by atoms with E-state index in [0.29, 0.717) is 5.69 Å². The quantitative estimate of drug-likeness (QED) is 0.789. The third-order valence-electron chi connectivity index (χ3n) is 2.58. The van der Waals surface area contributed by atoms with Crippen LogP contribution in [0.25, 0.3) is 0 Å². The van der Waals surface area contributed by atoms with Gasteiger partial charge in [-0.05, 0) is 42.5 Å². The molecule has 0 atom stereocenters. The molecule has 0 heterocycles. The molecule has 0 unspecified atom stereocenters. The van der Waals surface area contributed by atoms with E-state index in [1.807, 2.05) is 24.3 Å². The average molecular weight is 366 g/mol. The molecular formula is C15H12BrNO3S. The fourth-order valence-electron chi connectivity index (χ4n) is 1.61. The highest BCUT2D eigenvalue weighted by molar-refractivity contribution is 9.10. The Balaban J connectivity index is 1.91. The Labute approximate surface area is 134 Å². The lowest BCUT2D eigenvalue weighted by Crippen LogP contribution is -2.14. The van der Waals surface area contributed by atoms with Gasteiger partial charge in [-0.3, -0.25) is 4.79 Å². The number of amides is 1. The minimum Gasteiger partial charge on any atom is -0.478 e. The van der Waals surface area contributed by atoms with Crippen molar-refractivity contribution in [2.24, 2.45) is 0 Å². The first kappa shape index (κ1) is 15.6. The maximum absolute atomic E-state index is 11.8. The highest BCUT2D eigenvalue weighted by atomic mass is 79.9. The number of benzene rings is 2. The maximum Gasteiger partial charge on any atom is 0.335 e. The number of carbonyl (C=O) groups excluding carboxylic acids is 1. The Morgan fingerprint density at radius 3 is 2.52 bits per heavy atom. The van der Waals surface area contributed by atoms with Crippen molar-refractivity contribution in [2.75, 3.05) is 11.1 Å². The van der Waals surface area contributed by atoms with E-state index in [4.69, 9.17) is 5.11 Å². The molecule has 21 heavy (non-hydrogen) atoms. The molecule has 0 radical (unpaired) electrons. The zero-order chi connectivity index (χ0) is 15.2. The van der Waals surface area contributed by atoms with Crippen LogP contribution in [-0.4, -0.2) is 22.7 Å². The van der Waals surface area contributed by atoms with Crippen LogP contribution in [0.3, 0.4) is 0 Å². The molecular weight excluding hydrogens is 354 g/mol. The number of nitrogens with one attached hydrogen (secondary N) is 1. The number of rotatable bonds is 5. The summed E-state index contributed by atoms with van der Waals surface area (Å²) in [5, 5.41) is 11.6. The lowest BCUT2D eigenvalue weighted by Gasteiger charge is -2.06. The van der Waals surface area contributed by atoms with Crippen molar-refractivity contribution in [1.29, 1.82) is 0 Å². The Kier molecular flexibility index (Phi) is 5.41. The second-order valence-corrected chi connectivity index (χ2v) is 6.14. The summed E-state index contributed by atoms with van der Waals surface area (Å²) in [6.07, 6.45) is 0. The monoisotopic (exact) mass is 365 g/mol. The standard InChI is InChI=1S/C15H12BrNO3S/c16-11-4-6-13(7-5-11)21-9-14(18)17-12-3-1-2-10(8-12)15(19)20/h1-8H,9H2,(H,17,18)(H,19,20). The summed E-state index contributed by atoms with van der Waals surface area (Å²) in [7, 11) is 0. The van der Waals surface area contributed by atoms with E-state index in [2.05, 4.69) is 21.2 Å². The lowest BCUT2D eigenvalue weighted by molar-refractivity contribution is -0.113. The Morgan fingerprint density at radius 1 is 1.14 bits per heavy atom. The molecule has 2 aromatic rings. The first-order valence-corrected chi connectivity index (χ1v) is 7.84. The summed E-state index contributed by atoms with van der Waals surface area (Å²) in [4.78, 5) is 23.7. The van der Waals surface area contributed by atoms with E-state index < -0.39 is 5.97 Å². The number of carboxylic acids is 1. The van der Waals surface area contributed by atoms with Gasteiger partial charge in [0.2, 0.25) is 5.91 Å². The molecule has 2 rings (SSSR count). The zero-order valence-corrected chi connectivity index (χ0v) is 13.3. The molecule has 0 aromatic heterocycles. The molecule has 108 valence electrons. The highest BCUT2D eigenvalue weighted by Gasteiger charge is 2.07. The minimum absolute atomic E-state index is 0.147. The van der Waals surface area contributed by atoms with Crippen molar-refractivity contribution in [3.63, 3.8) is 0 Å². The molecule has 0 spiro atoms. The predicted molar refractivity (Wildman–Crippen MR) is 86.9 cm³/mol. The largest absolute Gasteiger partial charge is 0.478 e. The van der Waals surface area contributed by atoms with Gasteiger partial charge in [0.05, 0.1) is 11.3 Å². The van der Waals surface area contributed by atoms with Crippen molar-refractivity contribution in [2.45, 2.75) is 4.90 Å². The first-order valence-electron chi connectivity index (χ1n) is 6.06. The van der Waals surface area contributed by atoms with Gasteiger partial charge in [0.15, 0.2) is 0 Å². The topological polar surface area (TPSA) is 66.4 Å². The molecule has 0 saturated heterocycles. The summed E-state index contributed by atoms with van der Waals surface area (Å²) in [5.41, 5.74) is 0.629. The van der Waals surface area contributed by atoms with Crippen molar-refractivity contribution in [3.8, 4) is 0 Å². The van der Waals surface area contributed by atoms with Crippen LogP contribution in [0, 0.1) is 0 Å². The van der Waals surface area contributed by atoms with Crippen LogP contribution in [0.1, 0.15) is 10.4 Å². The van der Waals surface area contributed by atoms with Crippen LogP contribution < -0.4 is 5.32 Å². The second-order valence-electron chi connectivity index (χ2n) is 4.18. The number of carboxylic acid groups (broad SMARTS) is 1. The molecule has 2 aromatic carbocycles. The fraction of sp³-hybridized carbons (Fsp3) is 0.0667. The molecule has 1 amide bonds. The van der Waals surface area contributed by atoms with E-state index in [0.717, 1.165) is 9.37 Å². The number of hydrogen-bond donors (Lipinski definition) is 2. The van der Waals surface area contributed by atoms with Crippen LogP contribution in [0.5, 0.6) is 0 Å². The van der Waals surface area contributed by atoms with E-state index in [1.54, 1.807) is 12.1 Å². The normalized spacial score (nSPS) is 10.1. The molecule has 0 fully saturated rings. The van der Waals surface area contributed by atoms with E-state index in [1.165, 1.54) is 23.9 Å². The van der Waals surface area contributed by atoms with E-state index in [9.17, 15) is 9.59 Å². The smallest absolute Gasteiger partial charge is 0.335 e. The maximum atomic E-state index is 11.8. The second kappa shape index (κ2) is 7.28. The third-order valence-corrected chi connectivity index (χ3v) is 4.12. The first-order chi connectivity index (χ1) is 10.0. The van der Waals surface area contributed by atoms with Gasteiger partial charge < -0.3 is 10.4 Å². The molecule has 2 N–H and O–H groups in total. The molecule has 0 aliphatic rings. The molecule has 0 aliphatic heterocycles. The average Bonchev–Trinajstić information content (AvgIpc) is 2.47. The van der Waals surface area contributed by atoms with Crippen LogP contribution in [0.4, 0.5) is 5.69 Å². The van der Waals surface area contributed by atoms with Gasteiger partial charge in [-0.2, -0.15) is 0 Å². The Hall–Kier alpha value is -1.79. The van der Waals surface area contributed by atoms with Gasteiger partial charge in [0.25, 0.3) is 0 Å². The summed E-state index contributed by atoms with van der Waals surface area (Å²) < 4.78 is 0.988. The van der Waals surface area contributed by atoms with E-state index in [-0.39, 0.29) is 17.2 Å². The van der Waals surface area contributed by atoms with Crippen molar-refractivity contribution >= 4 is 45.3 Å². The van der Waals surface area contributed by atoms with Crippen LogP contribution in [0.15, 0.2) is 57.9 Å². The minimum atomic E-state index is -1.02. The van der Waals surface area contributed by atoms with Crippen LogP contribution in [0.2, 0.25) is 0 Å². The molecule has 0 aliphatic carbocycles. The predicted octanol–water partition coefficient (Wildman–Crippen LogP) is 3.88. The van der Waals surface area contributed by atoms with Crippen LogP contribution in [-0.2, 0) is 4.79 Å². The van der Waals surface area contributed by atoms with Crippen molar-refractivity contribution < 1.29 is 14.7 Å². The van der Waals surface area contributed by atoms with E-state index >= 15 is 0 Å². The van der Waals surface area contributed by atoms with Crippen molar-refractivity contribution in [3.05, 3.63) is 58.6 Å². The molecule has 4 nitrogen and oxygen atoms in total. The summed E-state index contributed by atoms with van der Waals surface area (Å²) in [6.45, 7) is 0. The summed E-state index contributed by atoms with van der Waals surface area (Å²) in [6, 6.07) is 13.8. The highest BCUT2D eigenvalue weighted by Crippen LogP contribution is 2.21. The van der Waals surface area contributed by atoms with Gasteiger partial charge in [-0.25, -0.2) is 4.79 Å². The molecule has 0 bridgehead atoms. The Morgan fingerprint density at radius 2 is 1.86 bits per heavy atom.